The molecule has 0 fully saturated rings. The van der Waals surface area contributed by atoms with E-state index in [-0.39, 0.29) is 0 Å². The second kappa shape index (κ2) is 6.55. The van der Waals surface area contributed by atoms with Crippen molar-refractivity contribution in [1.29, 1.82) is 0 Å². The molecule has 0 radical (unpaired) electrons. The first-order chi connectivity index (χ1) is 9.13. The van der Waals surface area contributed by atoms with Crippen LogP contribution in [0.15, 0.2) is 18.2 Å². The molecule has 104 valence electrons. The van der Waals surface area contributed by atoms with E-state index in [1.54, 1.807) is 11.3 Å². The molecule has 0 amide bonds. The number of aromatic nitrogens is 2. The fourth-order valence-corrected chi connectivity index (χ4v) is 3.32. The average molecular weight is 298 g/mol. The van der Waals surface area contributed by atoms with Crippen molar-refractivity contribution in [2.75, 3.05) is 6.54 Å². The number of nitrogens with zero attached hydrogens (tertiary/aromatic N) is 2. The fourth-order valence-electron chi connectivity index (χ4n) is 2.18. The van der Waals surface area contributed by atoms with Crippen LogP contribution in [0.1, 0.15) is 36.2 Å². The number of aryl methyl sites for hydroxylation is 2. The Hall–Kier alpha value is -0.840. The molecule has 5 heteroatoms. The summed E-state index contributed by atoms with van der Waals surface area (Å²) in [5.74, 6) is 0. The molecule has 1 N–H and O–H groups in total. The van der Waals surface area contributed by atoms with Crippen LogP contribution < -0.4 is 5.32 Å². The van der Waals surface area contributed by atoms with Gasteiger partial charge in [-0.1, -0.05) is 25.4 Å². The number of nitrogens with one attached hydrogen (secondary N) is 1. The van der Waals surface area contributed by atoms with Gasteiger partial charge < -0.3 is 5.32 Å². The van der Waals surface area contributed by atoms with Crippen molar-refractivity contribution in [3.05, 3.63) is 38.8 Å². The van der Waals surface area contributed by atoms with E-state index >= 15 is 0 Å². The molecule has 2 rings (SSSR count). The van der Waals surface area contributed by atoms with Crippen LogP contribution in [-0.4, -0.2) is 16.3 Å². The largest absolute Gasteiger partial charge is 0.309 e. The summed E-state index contributed by atoms with van der Waals surface area (Å²) in [7, 11) is 2.01. The van der Waals surface area contributed by atoms with Crippen molar-refractivity contribution < 1.29 is 0 Å². The number of thiophene rings is 1. The molecule has 0 aromatic carbocycles. The van der Waals surface area contributed by atoms with Crippen LogP contribution in [-0.2, 0) is 19.9 Å². The zero-order chi connectivity index (χ0) is 13.8. The van der Waals surface area contributed by atoms with Crippen LogP contribution in [0.4, 0.5) is 0 Å². The van der Waals surface area contributed by atoms with Crippen LogP contribution in [0.3, 0.4) is 0 Å². The average Bonchev–Trinajstić information content (AvgIpc) is 2.96. The van der Waals surface area contributed by atoms with Crippen molar-refractivity contribution in [3.63, 3.8) is 0 Å². The van der Waals surface area contributed by atoms with E-state index in [1.165, 1.54) is 10.6 Å². The standard InChI is InChI=1S/C14H20ClN3S/c1-4-10-8-11(18(3)17-10)9-12(16-5-2)13-6-7-14(15)19-13/h6-8,12,16H,4-5,9H2,1-3H3. The Morgan fingerprint density at radius 3 is 2.74 bits per heavy atom. The minimum absolute atomic E-state index is 0.308. The predicted molar refractivity (Wildman–Crippen MR) is 82.0 cm³/mol. The Labute approximate surface area is 123 Å². The van der Waals surface area contributed by atoms with Crippen LogP contribution >= 0.6 is 22.9 Å². The summed E-state index contributed by atoms with van der Waals surface area (Å²) in [6.07, 6.45) is 1.92. The monoisotopic (exact) mass is 297 g/mol. The molecule has 0 spiro atoms. The predicted octanol–water partition coefficient (Wildman–Crippen LogP) is 3.59. The molecule has 2 aromatic rings. The summed E-state index contributed by atoms with van der Waals surface area (Å²) in [5.41, 5.74) is 2.41. The number of hydrogen-bond donors (Lipinski definition) is 1. The molecule has 0 saturated heterocycles. The molecule has 1 atom stereocenters. The van der Waals surface area contributed by atoms with Gasteiger partial charge in [-0.3, -0.25) is 4.68 Å². The van der Waals surface area contributed by atoms with Crippen LogP contribution in [0.5, 0.6) is 0 Å². The van der Waals surface area contributed by atoms with E-state index in [0.29, 0.717) is 6.04 Å². The van der Waals surface area contributed by atoms with Crippen molar-refractivity contribution in [1.82, 2.24) is 15.1 Å². The SMILES string of the molecule is CCNC(Cc1cc(CC)nn1C)c1ccc(Cl)s1. The number of rotatable bonds is 6. The maximum atomic E-state index is 6.04. The van der Waals surface area contributed by atoms with E-state index in [2.05, 4.69) is 36.4 Å². The molecule has 0 aliphatic rings. The topological polar surface area (TPSA) is 29.9 Å². The molecular formula is C14H20ClN3S. The Morgan fingerprint density at radius 1 is 1.42 bits per heavy atom. The van der Waals surface area contributed by atoms with Crippen molar-refractivity contribution in [3.8, 4) is 0 Å². The molecule has 0 bridgehead atoms. The fraction of sp³-hybridized carbons (Fsp3) is 0.500. The lowest BCUT2D eigenvalue weighted by Crippen LogP contribution is -2.23. The first kappa shape index (κ1) is 14.6. The van der Waals surface area contributed by atoms with Gasteiger partial charge >= 0.3 is 0 Å². The second-order valence-electron chi connectivity index (χ2n) is 4.56. The van der Waals surface area contributed by atoms with Gasteiger partial charge in [0.1, 0.15) is 0 Å². The van der Waals surface area contributed by atoms with Crippen molar-refractivity contribution >= 4 is 22.9 Å². The molecule has 1 unspecified atom stereocenters. The Morgan fingerprint density at radius 2 is 2.21 bits per heavy atom. The first-order valence-corrected chi connectivity index (χ1v) is 7.83. The number of likely N-dealkylation sites (N-methyl/N-ethyl adjacent to an activating group) is 1. The minimum Gasteiger partial charge on any atom is -0.309 e. The zero-order valence-corrected chi connectivity index (χ0v) is 13.2. The molecule has 2 heterocycles. The Balaban J connectivity index is 2.18. The summed E-state index contributed by atoms with van der Waals surface area (Å²) in [5, 5.41) is 8.03. The van der Waals surface area contributed by atoms with E-state index in [1.807, 2.05) is 17.8 Å². The zero-order valence-electron chi connectivity index (χ0n) is 11.6. The lowest BCUT2D eigenvalue weighted by Gasteiger charge is -2.16. The molecule has 0 aliphatic carbocycles. The molecule has 19 heavy (non-hydrogen) atoms. The van der Waals surface area contributed by atoms with Gasteiger partial charge in [0.2, 0.25) is 0 Å². The smallest absolute Gasteiger partial charge is 0.0931 e. The Bertz CT molecular complexity index is 533. The molecule has 0 aliphatic heterocycles. The van der Waals surface area contributed by atoms with Crippen molar-refractivity contribution in [2.45, 2.75) is 32.7 Å². The van der Waals surface area contributed by atoms with Gasteiger partial charge in [0, 0.05) is 30.1 Å². The number of hydrogen-bond acceptors (Lipinski definition) is 3. The Kier molecular flexibility index (Phi) is 5.02. The van der Waals surface area contributed by atoms with Crippen LogP contribution in [0, 0.1) is 0 Å². The van der Waals surface area contributed by atoms with E-state index in [9.17, 15) is 0 Å². The van der Waals surface area contributed by atoms with Gasteiger partial charge in [0.15, 0.2) is 0 Å². The maximum Gasteiger partial charge on any atom is 0.0931 e. The van der Waals surface area contributed by atoms with Crippen LogP contribution in [0.25, 0.3) is 0 Å². The molecular weight excluding hydrogens is 278 g/mol. The highest BCUT2D eigenvalue weighted by Gasteiger charge is 2.16. The minimum atomic E-state index is 0.308. The summed E-state index contributed by atoms with van der Waals surface area (Å²) >= 11 is 7.69. The van der Waals surface area contributed by atoms with Gasteiger partial charge in [0.25, 0.3) is 0 Å². The van der Waals surface area contributed by atoms with Gasteiger partial charge in [0.05, 0.1) is 10.0 Å². The third-order valence-corrected chi connectivity index (χ3v) is 4.54. The quantitative estimate of drug-likeness (QED) is 0.883. The second-order valence-corrected chi connectivity index (χ2v) is 6.31. The van der Waals surface area contributed by atoms with Crippen molar-refractivity contribution in [2.24, 2.45) is 7.05 Å². The summed E-state index contributed by atoms with van der Waals surface area (Å²) < 4.78 is 2.83. The summed E-state index contributed by atoms with van der Waals surface area (Å²) in [4.78, 5) is 1.28. The third kappa shape index (κ3) is 3.59. The molecule has 3 nitrogen and oxygen atoms in total. The third-order valence-electron chi connectivity index (χ3n) is 3.19. The van der Waals surface area contributed by atoms with Gasteiger partial charge in [-0.15, -0.1) is 11.3 Å². The summed E-state index contributed by atoms with van der Waals surface area (Å²) in [6, 6.07) is 6.58. The van der Waals surface area contributed by atoms with E-state index in [0.717, 1.165) is 29.4 Å². The van der Waals surface area contributed by atoms with Crippen LogP contribution in [0.2, 0.25) is 4.34 Å². The van der Waals surface area contributed by atoms with E-state index in [4.69, 9.17) is 11.6 Å². The number of halogens is 1. The highest BCUT2D eigenvalue weighted by Crippen LogP contribution is 2.29. The maximum absolute atomic E-state index is 6.04. The van der Waals surface area contributed by atoms with Gasteiger partial charge in [-0.05, 0) is 31.2 Å². The molecule has 0 saturated carbocycles. The molecule has 2 aromatic heterocycles. The summed E-state index contributed by atoms with van der Waals surface area (Å²) in [6.45, 7) is 5.20. The highest BCUT2D eigenvalue weighted by atomic mass is 35.5. The first-order valence-electron chi connectivity index (χ1n) is 6.64. The van der Waals surface area contributed by atoms with Gasteiger partial charge in [-0.2, -0.15) is 5.10 Å². The lowest BCUT2D eigenvalue weighted by atomic mass is 10.1. The highest BCUT2D eigenvalue weighted by molar-refractivity contribution is 7.16. The van der Waals surface area contributed by atoms with Gasteiger partial charge in [-0.25, -0.2) is 0 Å². The lowest BCUT2D eigenvalue weighted by molar-refractivity contribution is 0.536. The van der Waals surface area contributed by atoms with E-state index < -0.39 is 0 Å². The normalized spacial score (nSPS) is 12.8.